The molecule has 0 atom stereocenters. The monoisotopic (exact) mass is 415 g/mol. The summed E-state index contributed by atoms with van der Waals surface area (Å²) < 4.78 is 17.9. The van der Waals surface area contributed by atoms with Crippen molar-refractivity contribution in [2.45, 2.75) is 6.54 Å². The van der Waals surface area contributed by atoms with Gasteiger partial charge in [0.15, 0.2) is 22.3 Å². The number of allylic oxidation sites excluding steroid dienone is 1. The van der Waals surface area contributed by atoms with E-state index in [-0.39, 0.29) is 17.4 Å². The van der Waals surface area contributed by atoms with Gasteiger partial charge in [0, 0.05) is 5.56 Å². The fraction of sp³-hybridized carbons (Fsp3) is 0.158. The van der Waals surface area contributed by atoms with Crippen molar-refractivity contribution in [3.63, 3.8) is 0 Å². The quantitative estimate of drug-likeness (QED) is 0.261. The number of carbonyl (C=O) groups excluding carboxylic acids is 1. The number of aromatic nitrogens is 2. The van der Waals surface area contributed by atoms with Crippen LogP contribution in [0.3, 0.4) is 0 Å². The molecule has 0 aliphatic carbocycles. The van der Waals surface area contributed by atoms with E-state index in [2.05, 4.69) is 5.10 Å². The molecule has 0 N–H and O–H groups in total. The third-order valence-electron chi connectivity index (χ3n) is 4.10. The Balaban J connectivity index is 1.43. The summed E-state index contributed by atoms with van der Waals surface area (Å²) in [5.41, 5.74) is 0.468. The fourth-order valence-corrected chi connectivity index (χ4v) is 2.99. The maximum Gasteiger partial charge on any atom is 0.408 e. The van der Waals surface area contributed by atoms with E-state index in [1.54, 1.807) is 36.4 Å². The number of fused-ring (bicyclic) bond motifs is 1. The predicted octanol–water partition coefficient (Wildman–Crippen LogP) is 3.75. The lowest BCUT2D eigenvalue weighted by molar-refractivity contribution is -0.389. The first-order valence-corrected chi connectivity index (χ1v) is 8.95. The van der Waals surface area contributed by atoms with E-state index in [1.807, 2.05) is 0 Å². The van der Waals surface area contributed by atoms with Crippen molar-refractivity contribution < 1.29 is 23.6 Å². The van der Waals surface area contributed by atoms with E-state index in [0.29, 0.717) is 41.8 Å². The van der Waals surface area contributed by atoms with Gasteiger partial charge in [0.1, 0.15) is 31.3 Å². The third kappa shape index (κ3) is 4.14. The summed E-state index contributed by atoms with van der Waals surface area (Å²) in [5.74, 6) is 1.50. The van der Waals surface area contributed by atoms with Gasteiger partial charge in [-0.05, 0) is 47.4 Å². The Kier molecular flexibility index (Phi) is 5.05. The van der Waals surface area contributed by atoms with Gasteiger partial charge in [-0.25, -0.2) is 0 Å². The molecule has 0 radical (unpaired) electrons. The molecule has 0 unspecified atom stereocenters. The summed E-state index contributed by atoms with van der Waals surface area (Å²) in [6, 6.07) is 8.39. The van der Waals surface area contributed by atoms with Crippen LogP contribution in [0.5, 0.6) is 11.5 Å². The molecular formula is C19H14ClN3O6. The number of halogens is 1. The molecule has 3 heterocycles. The summed E-state index contributed by atoms with van der Waals surface area (Å²) in [6.07, 6.45) is 4.29. The van der Waals surface area contributed by atoms with Gasteiger partial charge in [-0.2, -0.15) is 4.68 Å². The average Bonchev–Trinajstić information content (AvgIpc) is 3.32. The summed E-state index contributed by atoms with van der Waals surface area (Å²) in [5, 5.41) is 14.5. The highest BCUT2D eigenvalue weighted by Gasteiger charge is 2.19. The molecular weight excluding hydrogens is 402 g/mol. The van der Waals surface area contributed by atoms with Gasteiger partial charge in [0.25, 0.3) is 0 Å². The van der Waals surface area contributed by atoms with E-state index in [0.717, 1.165) is 0 Å². The number of ketones is 1. The smallest absolute Gasteiger partial charge is 0.408 e. The Morgan fingerprint density at radius 2 is 2.03 bits per heavy atom. The van der Waals surface area contributed by atoms with Crippen LogP contribution in [0.15, 0.2) is 47.0 Å². The number of nitrogens with zero attached hydrogens (tertiary/aromatic N) is 3. The predicted molar refractivity (Wildman–Crippen MR) is 102 cm³/mol. The van der Waals surface area contributed by atoms with Crippen molar-refractivity contribution in [3.8, 4) is 11.5 Å². The van der Waals surface area contributed by atoms with Crippen LogP contribution < -0.4 is 9.47 Å². The van der Waals surface area contributed by atoms with Crippen LogP contribution in [0.4, 0.5) is 5.82 Å². The largest absolute Gasteiger partial charge is 0.486 e. The van der Waals surface area contributed by atoms with Crippen molar-refractivity contribution in [3.05, 3.63) is 74.8 Å². The second kappa shape index (κ2) is 7.80. The number of furan rings is 1. The molecule has 4 rings (SSSR count). The van der Waals surface area contributed by atoms with Crippen LogP contribution in [0.25, 0.3) is 6.08 Å². The first kappa shape index (κ1) is 18.8. The molecule has 2 aromatic heterocycles. The number of hydrogen-bond acceptors (Lipinski definition) is 7. The Bertz CT molecular complexity index is 1120. The third-order valence-corrected chi connectivity index (χ3v) is 4.36. The van der Waals surface area contributed by atoms with Crippen molar-refractivity contribution in [2.75, 3.05) is 13.2 Å². The van der Waals surface area contributed by atoms with Gasteiger partial charge in [-0.3, -0.25) is 4.79 Å². The van der Waals surface area contributed by atoms with Crippen LogP contribution in [-0.4, -0.2) is 33.7 Å². The Labute approximate surface area is 169 Å². The van der Waals surface area contributed by atoms with E-state index in [9.17, 15) is 14.9 Å². The van der Waals surface area contributed by atoms with E-state index < -0.39 is 10.7 Å². The highest BCUT2D eigenvalue weighted by molar-refractivity contribution is 6.32. The molecule has 9 nitrogen and oxygen atoms in total. The van der Waals surface area contributed by atoms with Crippen LogP contribution >= 0.6 is 11.6 Å². The van der Waals surface area contributed by atoms with Gasteiger partial charge < -0.3 is 24.0 Å². The second-order valence-electron chi connectivity index (χ2n) is 6.12. The van der Waals surface area contributed by atoms with Gasteiger partial charge in [0.2, 0.25) is 0 Å². The van der Waals surface area contributed by atoms with Crippen molar-refractivity contribution >= 4 is 29.3 Å². The molecule has 3 aromatic rings. The van der Waals surface area contributed by atoms with Crippen LogP contribution in [0.1, 0.15) is 21.9 Å². The minimum Gasteiger partial charge on any atom is -0.486 e. The zero-order chi connectivity index (χ0) is 20.4. The molecule has 0 bridgehead atoms. The summed E-state index contributed by atoms with van der Waals surface area (Å²) >= 11 is 5.78. The molecule has 10 heteroatoms. The summed E-state index contributed by atoms with van der Waals surface area (Å²) in [4.78, 5) is 22.5. The molecule has 0 saturated carbocycles. The van der Waals surface area contributed by atoms with E-state index >= 15 is 0 Å². The fourth-order valence-electron chi connectivity index (χ4n) is 2.77. The lowest BCUT2D eigenvalue weighted by atomic mass is 10.1. The SMILES string of the molecule is O=C(/C=C/c1ccc(Cn2cc(Cl)c([N+](=O)[O-])n2)o1)c1ccc2c(c1)OCCO2. The maximum absolute atomic E-state index is 12.4. The molecule has 1 aromatic carbocycles. The van der Waals surface area contributed by atoms with Crippen molar-refractivity contribution in [1.29, 1.82) is 0 Å². The first-order chi connectivity index (χ1) is 14.0. The Morgan fingerprint density at radius 1 is 1.24 bits per heavy atom. The molecule has 0 saturated heterocycles. The normalized spacial score (nSPS) is 13.0. The molecule has 1 aliphatic rings. The van der Waals surface area contributed by atoms with Gasteiger partial charge in [0.05, 0.1) is 11.3 Å². The number of nitro groups is 1. The number of rotatable bonds is 6. The zero-order valence-corrected chi connectivity index (χ0v) is 15.7. The lowest BCUT2D eigenvalue weighted by Gasteiger charge is -2.18. The second-order valence-corrected chi connectivity index (χ2v) is 6.52. The minimum atomic E-state index is -0.654. The van der Waals surface area contributed by atoms with Gasteiger partial charge >= 0.3 is 5.82 Å². The topological polar surface area (TPSA) is 110 Å². The average molecular weight is 416 g/mol. The minimum absolute atomic E-state index is 0.0494. The van der Waals surface area contributed by atoms with Crippen LogP contribution in [0.2, 0.25) is 5.02 Å². The standard InChI is InChI=1S/C19H14ClN3O6/c20-15-11-22(21-19(15)23(25)26)10-14-3-2-13(29-14)4-5-16(24)12-1-6-17-18(9-12)28-8-7-27-17/h1-6,9,11H,7-8,10H2/b5-4+. The van der Waals surface area contributed by atoms with E-state index in [4.69, 9.17) is 25.5 Å². The first-order valence-electron chi connectivity index (χ1n) is 8.58. The highest BCUT2D eigenvalue weighted by atomic mass is 35.5. The van der Waals surface area contributed by atoms with Crippen molar-refractivity contribution in [2.24, 2.45) is 0 Å². The van der Waals surface area contributed by atoms with Crippen LogP contribution in [-0.2, 0) is 6.54 Å². The maximum atomic E-state index is 12.4. The van der Waals surface area contributed by atoms with Crippen molar-refractivity contribution in [1.82, 2.24) is 9.78 Å². The Morgan fingerprint density at radius 3 is 2.79 bits per heavy atom. The van der Waals surface area contributed by atoms with Gasteiger partial charge in [-0.15, -0.1) is 0 Å². The lowest BCUT2D eigenvalue weighted by Crippen LogP contribution is -2.15. The molecule has 0 fully saturated rings. The summed E-state index contributed by atoms with van der Waals surface area (Å²) in [7, 11) is 0. The number of hydrogen-bond donors (Lipinski definition) is 0. The summed E-state index contributed by atoms with van der Waals surface area (Å²) in [6.45, 7) is 1.09. The van der Waals surface area contributed by atoms with Gasteiger partial charge in [-0.1, -0.05) is 11.6 Å². The number of carbonyl (C=O) groups is 1. The molecule has 148 valence electrons. The molecule has 1 aliphatic heterocycles. The molecule has 0 spiro atoms. The molecule has 0 amide bonds. The zero-order valence-electron chi connectivity index (χ0n) is 14.9. The molecule has 29 heavy (non-hydrogen) atoms. The highest BCUT2D eigenvalue weighted by Crippen LogP contribution is 2.31. The Hall–Kier alpha value is -3.59. The number of benzene rings is 1. The van der Waals surface area contributed by atoms with E-state index in [1.165, 1.54) is 17.0 Å². The number of ether oxygens (including phenoxy) is 2. The van der Waals surface area contributed by atoms with Crippen LogP contribution in [0, 0.1) is 10.1 Å².